The summed E-state index contributed by atoms with van der Waals surface area (Å²) in [4.78, 5) is 0. The van der Waals surface area contributed by atoms with Gasteiger partial charge in [0.2, 0.25) is 11.8 Å². The molecule has 1 radical (unpaired) electrons. The molecule has 0 unspecified atom stereocenters. The summed E-state index contributed by atoms with van der Waals surface area (Å²) in [6, 6.07) is 13.8. The minimum absolute atomic E-state index is 0.281. The van der Waals surface area contributed by atoms with E-state index in [9.17, 15) is 13.2 Å². The van der Waals surface area contributed by atoms with Crippen LogP contribution < -0.4 is 4.74 Å². The molecule has 0 bridgehead atoms. The minimum Gasteiger partial charge on any atom is -0.421 e. The molecule has 0 N–H and O–H groups in total. The first-order chi connectivity index (χ1) is 10.9. The number of alkyl halides is 3. The summed E-state index contributed by atoms with van der Waals surface area (Å²) in [5, 5.41) is 7.72. The van der Waals surface area contributed by atoms with E-state index in [0.717, 1.165) is 5.56 Å². The Balaban J connectivity index is 1.96. The van der Waals surface area contributed by atoms with Crippen molar-refractivity contribution in [3.63, 3.8) is 0 Å². The predicted octanol–water partition coefficient (Wildman–Crippen LogP) is 4.41. The van der Waals surface area contributed by atoms with Crippen LogP contribution in [0.4, 0.5) is 13.2 Å². The van der Waals surface area contributed by atoms with Crippen LogP contribution in [0.5, 0.6) is 5.75 Å². The molecule has 23 heavy (non-hydrogen) atoms. The van der Waals surface area contributed by atoms with Gasteiger partial charge in [-0.25, -0.2) is 0 Å². The SMILES string of the molecule is Cc1nnc(-c2[c]cccc2-c2ccc(OC(F)(F)F)cc2)o1. The zero-order valence-corrected chi connectivity index (χ0v) is 11.9. The molecule has 2 aromatic carbocycles. The van der Waals surface area contributed by atoms with Gasteiger partial charge in [0.25, 0.3) is 0 Å². The Morgan fingerprint density at radius 3 is 2.43 bits per heavy atom. The van der Waals surface area contributed by atoms with Crippen LogP contribution in [0.1, 0.15) is 5.89 Å². The summed E-state index contributed by atoms with van der Waals surface area (Å²) in [6.07, 6.45) is -4.71. The van der Waals surface area contributed by atoms with Crippen molar-refractivity contribution < 1.29 is 22.3 Å². The van der Waals surface area contributed by atoms with Crippen molar-refractivity contribution in [2.24, 2.45) is 0 Å². The van der Waals surface area contributed by atoms with Gasteiger partial charge in [0.15, 0.2) is 0 Å². The van der Waals surface area contributed by atoms with Crippen molar-refractivity contribution in [1.29, 1.82) is 0 Å². The first-order valence-electron chi connectivity index (χ1n) is 6.60. The monoisotopic (exact) mass is 319 g/mol. The second-order valence-electron chi connectivity index (χ2n) is 4.66. The Morgan fingerprint density at radius 1 is 1.09 bits per heavy atom. The van der Waals surface area contributed by atoms with Crippen LogP contribution >= 0.6 is 0 Å². The van der Waals surface area contributed by atoms with E-state index in [1.807, 2.05) is 0 Å². The summed E-state index contributed by atoms with van der Waals surface area (Å²) in [5.41, 5.74) is 1.98. The van der Waals surface area contributed by atoms with E-state index in [2.05, 4.69) is 21.0 Å². The first kappa shape index (κ1) is 15.1. The number of aromatic nitrogens is 2. The predicted molar refractivity (Wildman–Crippen MR) is 75.4 cm³/mol. The lowest BCUT2D eigenvalue weighted by atomic mass is 9.99. The van der Waals surface area contributed by atoms with Crippen LogP contribution in [0, 0.1) is 13.0 Å². The average Bonchev–Trinajstić information content (AvgIpc) is 2.93. The number of hydrogen-bond donors (Lipinski definition) is 0. The molecule has 117 valence electrons. The molecule has 0 aliphatic heterocycles. The fraction of sp³-hybridized carbons (Fsp3) is 0.125. The van der Waals surface area contributed by atoms with E-state index in [1.165, 1.54) is 24.3 Å². The third-order valence-corrected chi connectivity index (χ3v) is 2.99. The molecule has 0 atom stereocenters. The maximum Gasteiger partial charge on any atom is 0.573 e. The number of nitrogens with zero attached hydrogens (tertiary/aromatic N) is 2. The quantitative estimate of drug-likeness (QED) is 0.717. The second kappa shape index (κ2) is 5.75. The number of aryl methyl sites for hydroxylation is 1. The van der Waals surface area contributed by atoms with Gasteiger partial charge in [-0.3, -0.25) is 0 Å². The molecule has 0 saturated carbocycles. The van der Waals surface area contributed by atoms with Gasteiger partial charge in [-0.2, -0.15) is 0 Å². The normalized spacial score (nSPS) is 11.5. The van der Waals surface area contributed by atoms with Crippen LogP contribution in [-0.4, -0.2) is 16.6 Å². The highest BCUT2D eigenvalue weighted by molar-refractivity contribution is 5.79. The highest BCUT2D eigenvalue weighted by Crippen LogP contribution is 2.32. The number of benzene rings is 2. The van der Waals surface area contributed by atoms with Crippen molar-refractivity contribution >= 4 is 0 Å². The van der Waals surface area contributed by atoms with E-state index < -0.39 is 6.36 Å². The fourth-order valence-corrected chi connectivity index (χ4v) is 2.09. The number of halogens is 3. The third kappa shape index (κ3) is 3.50. The molecule has 0 aliphatic rings. The maximum absolute atomic E-state index is 12.2. The Bertz CT molecular complexity index is 811. The fourth-order valence-electron chi connectivity index (χ4n) is 2.09. The molecule has 0 amide bonds. The molecule has 0 aliphatic carbocycles. The lowest BCUT2D eigenvalue weighted by molar-refractivity contribution is -0.274. The molecule has 0 fully saturated rings. The van der Waals surface area contributed by atoms with E-state index >= 15 is 0 Å². The standard InChI is InChI=1S/C16H10F3N2O2/c1-10-20-21-15(22-10)14-5-3-2-4-13(14)11-6-8-12(9-7-11)23-16(17,18)19/h2-4,6-9H,1H3. The Labute approximate surface area is 129 Å². The molecule has 0 spiro atoms. The van der Waals surface area contributed by atoms with E-state index in [0.29, 0.717) is 22.9 Å². The van der Waals surface area contributed by atoms with Crippen LogP contribution in [-0.2, 0) is 0 Å². The number of hydrogen-bond acceptors (Lipinski definition) is 4. The van der Waals surface area contributed by atoms with Gasteiger partial charge in [-0.05, 0) is 29.3 Å². The van der Waals surface area contributed by atoms with Gasteiger partial charge in [-0.1, -0.05) is 30.3 Å². The highest BCUT2D eigenvalue weighted by atomic mass is 19.4. The van der Waals surface area contributed by atoms with Crippen LogP contribution in [0.15, 0.2) is 46.9 Å². The summed E-state index contributed by atoms with van der Waals surface area (Å²) in [7, 11) is 0. The minimum atomic E-state index is -4.71. The topological polar surface area (TPSA) is 48.2 Å². The van der Waals surface area contributed by atoms with Crippen molar-refractivity contribution in [3.05, 3.63) is 54.4 Å². The lowest BCUT2D eigenvalue weighted by Gasteiger charge is -2.10. The molecule has 1 heterocycles. The number of rotatable bonds is 3. The lowest BCUT2D eigenvalue weighted by Crippen LogP contribution is -2.16. The largest absolute Gasteiger partial charge is 0.573 e. The third-order valence-electron chi connectivity index (χ3n) is 2.99. The van der Waals surface area contributed by atoms with Crippen molar-refractivity contribution in [2.75, 3.05) is 0 Å². The summed E-state index contributed by atoms with van der Waals surface area (Å²) in [5.74, 6) is 0.433. The van der Waals surface area contributed by atoms with Gasteiger partial charge in [-0.15, -0.1) is 23.4 Å². The zero-order chi connectivity index (χ0) is 16.4. The Morgan fingerprint density at radius 2 is 1.83 bits per heavy atom. The van der Waals surface area contributed by atoms with E-state index in [1.54, 1.807) is 25.1 Å². The first-order valence-corrected chi connectivity index (χ1v) is 6.60. The Hall–Kier alpha value is -2.83. The molecule has 3 aromatic rings. The summed E-state index contributed by atoms with van der Waals surface area (Å²) >= 11 is 0. The van der Waals surface area contributed by atoms with Crippen molar-refractivity contribution in [1.82, 2.24) is 10.2 Å². The van der Waals surface area contributed by atoms with Gasteiger partial charge in [0, 0.05) is 6.92 Å². The van der Waals surface area contributed by atoms with E-state index in [4.69, 9.17) is 4.42 Å². The summed E-state index contributed by atoms with van der Waals surface area (Å²) < 4.78 is 45.8. The van der Waals surface area contributed by atoms with Crippen molar-refractivity contribution in [2.45, 2.75) is 13.3 Å². The molecular formula is C16H10F3N2O2. The maximum atomic E-state index is 12.2. The van der Waals surface area contributed by atoms with Gasteiger partial charge < -0.3 is 9.15 Å². The van der Waals surface area contributed by atoms with Gasteiger partial charge in [0.1, 0.15) is 5.75 Å². The van der Waals surface area contributed by atoms with E-state index in [-0.39, 0.29) is 5.75 Å². The van der Waals surface area contributed by atoms with Crippen LogP contribution in [0.3, 0.4) is 0 Å². The summed E-state index contributed by atoms with van der Waals surface area (Å²) in [6.45, 7) is 1.67. The second-order valence-corrected chi connectivity index (χ2v) is 4.66. The van der Waals surface area contributed by atoms with Crippen LogP contribution in [0.2, 0.25) is 0 Å². The van der Waals surface area contributed by atoms with Crippen LogP contribution in [0.25, 0.3) is 22.6 Å². The molecule has 3 rings (SSSR count). The highest BCUT2D eigenvalue weighted by Gasteiger charge is 2.31. The molecular weight excluding hydrogens is 309 g/mol. The Kier molecular flexibility index (Phi) is 3.77. The van der Waals surface area contributed by atoms with Crippen molar-refractivity contribution in [3.8, 4) is 28.3 Å². The number of ether oxygens (including phenoxy) is 1. The molecule has 4 nitrogen and oxygen atoms in total. The molecule has 7 heteroatoms. The smallest absolute Gasteiger partial charge is 0.421 e. The van der Waals surface area contributed by atoms with Gasteiger partial charge in [0.05, 0.1) is 5.56 Å². The zero-order valence-electron chi connectivity index (χ0n) is 11.9. The van der Waals surface area contributed by atoms with Gasteiger partial charge >= 0.3 is 6.36 Å². The molecule has 1 aromatic heterocycles. The molecule has 0 saturated heterocycles. The average molecular weight is 319 g/mol.